The van der Waals surface area contributed by atoms with Crippen molar-refractivity contribution in [2.45, 2.75) is 45.6 Å². The van der Waals surface area contributed by atoms with Crippen molar-refractivity contribution in [1.82, 2.24) is 4.57 Å². The van der Waals surface area contributed by atoms with Gasteiger partial charge in [0, 0.05) is 0 Å². The molecule has 0 bridgehead atoms. The van der Waals surface area contributed by atoms with Gasteiger partial charge in [0.25, 0.3) is 0 Å². The third kappa shape index (κ3) is 5.81. The smallest absolute Gasteiger partial charge is 0.0532 e. The molecule has 1 atom stereocenters. The Morgan fingerprint density at radius 3 is 2.82 bits per heavy atom. The van der Waals surface area contributed by atoms with Gasteiger partial charge in [0.1, 0.15) is 0 Å². The molecule has 174 valence electrons. The van der Waals surface area contributed by atoms with Crippen molar-refractivity contribution < 1.29 is 43.7 Å². The van der Waals surface area contributed by atoms with Gasteiger partial charge in [0.2, 0.25) is 0 Å². The number of unbranched alkanes of at least 4 members (excludes halogenated alkanes) is 2. The molecule has 2 N–H and O–H groups in total. The zero-order valence-corrected chi connectivity index (χ0v) is 21.9. The fourth-order valence-corrected chi connectivity index (χ4v) is 4.58. The monoisotopic (exact) mass is 620 g/mol. The fourth-order valence-electron chi connectivity index (χ4n) is 3.87. The number of pyridine rings is 1. The number of aromatic carboxylic acids is 1. The van der Waals surface area contributed by atoms with Crippen LogP contribution in [0, 0.1) is 6.08 Å². The van der Waals surface area contributed by atoms with Gasteiger partial charge in [-0.2, -0.15) is 0 Å². The molecule has 1 unspecified atom stereocenters. The number of allylic oxidation sites excluding steroid dienone is 1. The molecule has 0 saturated carbocycles. The summed E-state index contributed by atoms with van der Waals surface area (Å²) in [5.41, 5.74) is 2.22. The Kier molecular flexibility index (Phi) is 8.63. The molecule has 0 aliphatic carbocycles. The van der Waals surface area contributed by atoms with Crippen LogP contribution in [0.5, 0.6) is 5.75 Å². The molecule has 1 aliphatic rings. The molecule has 0 spiro atoms. The number of hydrogen-bond donors (Lipinski definition) is 2. The quantitative estimate of drug-likeness (QED) is 0.241. The molecule has 3 rings (SSSR count). The number of aromatic nitrogens is 1. The van der Waals surface area contributed by atoms with Crippen LogP contribution in [0.4, 0.5) is 0 Å². The van der Waals surface area contributed by atoms with E-state index in [-0.39, 0.29) is 11.7 Å². The van der Waals surface area contributed by atoms with E-state index in [9.17, 15) is 19.7 Å². The minimum Gasteiger partial charge on any atom is -0.0532 e. The average molecular weight is 620 g/mol. The molecule has 0 amide bonds. The number of ether oxygens (including phenoxy) is 1. The van der Waals surface area contributed by atoms with Crippen LogP contribution in [0.15, 0.2) is 29.2 Å². The molecule has 1 aromatic carbocycles. The first-order chi connectivity index (χ1) is 15.7. The summed E-state index contributed by atoms with van der Waals surface area (Å²) in [5, 5.41) is 19.3. The second kappa shape index (κ2) is 11.2. The van der Waals surface area contributed by atoms with Crippen LogP contribution in [0.3, 0.4) is 0 Å². The van der Waals surface area contributed by atoms with Crippen LogP contribution in [0.2, 0.25) is 0 Å². The van der Waals surface area contributed by atoms with E-state index in [2.05, 4.69) is 6.08 Å². The Balaban J connectivity index is 1.54. The van der Waals surface area contributed by atoms with Gasteiger partial charge < -0.3 is 9.68 Å². The van der Waals surface area contributed by atoms with E-state index < -0.39 is 18.5 Å². The minimum atomic E-state index is -1.22. The van der Waals surface area contributed by atoms with Gasteiger partial charge in [-0.15, -0.1) is 0 Å². The Labute approximate surface area is 204 Å². The average Bonchev–Trinajstić information content (AvgIpc) is 3.09. The second-order valence-electron chi connectivity index (χ2n) is 7.93. The molecule has 9 heteroatoms. The standard InChI is InChI=1S/C24H27BNO6.W/c1-4-17-21(26(3)15-19(23(17)27)24(28)29)10-8-6-7-9-13-31-16-11-12-18-20(14-16)25(30)32-22(18)5-2;/h10-12,14-15,22,30H,5-7,9,13H2,1-3H3,(H,28,29);/q-1;. The first kappa shape index (κ1) is 25.3. The number of carboxylic acid groups (broad SMARTS) is 1. The fraction of sp³-hybridized carbons (Fsp3) is 0.375. The first-order valence-corrected chi connectivity index (χ1v) is 12.4. The van der Waals surface area contributed by atoms with Gasteiger partial charge >= 0.3 is 159 Å². The van der Waals surface area contributed by atoms with E-state index >= 15 is 0 Å². The van der Waals surface area contributed by atoms with Gasteiger partial charge in [-0.05, 0) is 17.4 Å². The van der Waals surface area contributed by atoms with Gasteiger partial charge in [0.15, 0.2) is 0 Å². The van der Waals surface area contributed by atoms with E-state index in [1.54, 1.807) is 17.7 Å². The van der Waals surface area contributed by atoms with Gasteiger partial charge in [-0.3, -0.25) is 0 Å². The van der Waals surface area contributed by atoms with E-state index in [4.69, 9.17) is 9.39 Å². The van der Waals surface area contributed by atoms with E-state index in [1.807, 2.05) is 32.0 Å². The molecule has 1 aromatic heterocycles. The third-order valence-electron chi connectivity index (χ3n) is 5.57. The summed E-state index contributed by atoms with van der Waals surface area (Å²) in [4.78, 5) is 23.9. The summed E-state index contributed by atoms with van der Waals surface area (Å²) in [6, 6.07) is 5.71. The molecule has 0 fully saturated rings. The number of hydrogen-bond acceptors (Lipinski definition) is 5. The number of fused-ring (bicyclic) bond motifs is 1. The van der Waals surface area contributed by atoms with Crippen LogP contribution < -0.4 is 15.6 Å². The van der Waals surface area contributed by atoms with Crippen molar-refractivity contribution in [2.24, 2.45) is 7.05 Å². The van der Waals surface area contributed by atoms with Crippen molar-refractivity contribution in [3.8, 4) is 5.75 Å². The first-order valence-electron chi connectivity index (χ1n) is 10.9. The van der Waals surface area contributed by atoms with E-state index in [0.717, 1.165) is 53.5 Å². The van der Waals surface area contributed by atoms with Crippen molar-refractivity contribution in [3.63, 3.8) is 0 Å². The topological polar surface area (TPSA) is 98.0 Å². The number of aryl methyl sites for hydroxylation is 1. The van der Waals surface area contributed by atoms with Gasteiger partial charge in [-0.1, -0.05) is 13.0 Å². The number of carboxylic acids is 1. The maximum absolute atomic E-state index is 12.6. The van der Waals surface area contributed by atoms with E-state index in [0.29, 0.717) is 30.0 Å². The maximum atomic E-state index is 12.6. The number of benzene rings is 1. The summed E-state index contributed by atoms with van der Waals surface area (Å²) in [7, 11) is 0.834. The molecular weight excluding hydrogens is 593 g/mol. The Morgan fingerprint density at radius 1 is 1.39 bits per heavy atom. The van der Waals surface area contributed by atoms with Crippen LogP contribution in [-0.4, -0.2) is 38.3 Å². The summed E-state index contributed by atoms with van der Waals surface area (Å²) in [5.74, 6) is -0.509. The van der Waals surface area contributed by atoms with Crippen molar-refractivity contribution in [2.75, 3.05) is 6.61 Å². The third-order valence-corrected chi connectivity index (χ3v) is 6.30. The molecule has 33 heavy (non-hydrogen) atoms. The summed E-state index contributed by atoms with van der Waals surface area (Å²) in [6.45, 7) is 4.40. The zero-order chi connectivity index (χ0) is 24.1. The summed E-state index contributed by atoms with van der Waals surface area (Å²) >= 11 is 1.12. The number of nitrogens with zero attached hydrogens (tertiary/aromatic N) is 1. The normalized spacial score (nSPS) is 15.2. The van der Waals surface area contributed by atoms with Crippen LogP contribution >= 0.6 is 0 Å². The Morgan fingerprint density at radius 2 is 2.15 bits per heavy atom. The van der Waals surface area contributed by atoms with Gasteiger partial charge in [0.05, 0.1) is 6.10 Å². The molecule has 7 nitrogen and oxygen atoms in total. The Hall–Kier alpha value is -2.28. The predicted octanol–water partition coefficient (Wildman–Crippen LogP) is 2.41. The van der Waals surface area contributed by atoms with Crippen LogP contribution in [0.25, 0.3) is 6.08 Å². The molecule has 2 aromatic rings. The summed E-state index contributed by atoms with van der Waals surface area (Å²) < 4.78 is 13.9. The molecule has 1 aliphatic heterocycles. The zero-order valence-electron chi connectivity index (χ0n) is 19.0. The molecule has 0 saturated heterocycles. The SMILES string of the molecule is CCC1OB(O)c2cc(OCCCC[C-]=Cc3c([C](C)=[W])c(=O)c(C(=O)O)cn3C)ccc21. The van der Waals surface area contributed by atoms with Crippen LogP contribution in [0.1, 0.15) is 72.8 Å². The Bertz CT molecular complexity index is 1140. The van der Waals surface area contributed by atoms with Crippen molar-refractivity contribution in [3.05, 3.63) is 63.1 Å². The number of carbonyl (C=O) groups is 1. The van der Waals surface area contributed by atoms with E-state index in [1.165, 1.54) is 6.20 Å². The molecule has 0 radical (unpaired) electrons. The van der Waals surface area contributed by atoms with Crippen molar-refractivity contribution >= 4 is 28.5 Å². The second-order valence-corrected chi connectivity index (χ2v) is 10.1. The molecule has 2 heterocycles. The predicted molar refractivity (Wildman–Crippen MR) is 124 cm³/mol. The summed E-state index contributed by atoms with van der Waals surface area (Å²) in [6.07, 6.45) is 9.44. The van der Waals surface area contributed by atoms with Gasteiger partial charge in [-0.25, -0.2) is 0 Å². The van der Waals surface area contributed by atoms with Crippen molar-refractivity contribution in [1.29, 1.82) is 0 Å². The number of rotatable bonds is 10. The molecular formula is C24H27BNO6W-. The minimum absolute atomic E-state index is 0.0674. The van der Waals surface area contributed by atoms with Crippen LogP contribution in [-0.2, 0) is 31.1 Å².